The van der Waals surface area contributed by atoms with Gasteiger partial charge in [-0.05, 0) is 37.1 Å². The normalized spacial score (nSPS) is 12.6. The first-order chi connectivity index (χ1) is 6.43. The molecule has 0 fully saturated rings. The molecule has 4 heteroatoms. The third-order valence-corrected chi connectivity index (χ3v) is 2.08. The Morgan fingerprint density at radius 2 is 2.14 bits per heavy atom. The van der Waals surface area contributed by atoms with Crippen molar-refractivity contribution in [2.24, 2.45) is 5.73 Å². The SMILES string of the molecule is Cc1cc(F)c(C(=O)O)cc1[C@@H](C)N. The molecular formula is C10H12FNO2. The number of rotatable bonds is 2. The van der Waals surface area contributed by atoms with Gasteiger partial charge in [0, 0.05) is 6.04 Å². The van der Waals surface area contributed by atoms with Gasteiger partial charge in [-0.2, -0.15) is 0 Å². The molecule has 0 aromatic heterocycles. The van der Waals surface area contributed by atoms with Gasteiger partial charge in [0.25, 0.3) is 0 Å². The first kappa shape index (κ1) is 10.7. The zero-order valence-corrected chi connectivity index (χ0v) is 8.04. The van der Waals surface area contributed by atoms with Crippen LogP contribution >= 0.6 is 0 Å². The van der Waals surface area contributed by atoms with Crippen LogP contribution in [-0.2, 0) is 0 Å². The lowest BCUT2D eigenvalue weighted by Crippen LogP contribution is -2.10. The molecule has 0 bridgehead atoms. The number of hydrogen-bond donors (Lipinski definition) is 2. The lowest BCUT2D eigenvalue weighted by molar-refractivity contribution is 0.0691. The molecule has 0 aliphatic rings. The van der Waals surface area contributed by atoms with Crippen molar-refractivity contribution >= 4 is 5.97 Å². The van der Waals surface area contributed by atoms with E-state index >= 15 is 0 Å². The average molecular weight is 197 g/mol. The van der Waals surface area contributed by atoms with E-state index in [-0.39, 0.29) is 11.6 Å². The molecule has 14 heavy (non-hydrogen) atoms. The van der Waals surface area contributed by atoms with Crippen molar-refractivity contribution in [3.05, 3.63) is 34.6 Å². The van der Waals surface area contributed by atoms with Gasteiger partial charge in [-0.1, -0.05) is 0 Å². The molecule has 1 aromatic rings. The van der Waals surface area contributed by atoms with Crippen molar-refractivity contribution < 1.29 is 14.3 Å². The summed E-state index contributed by atoms with van der Waals surface area (Å²) in [4.78, 5) is 10.6. The lowest BCUT2D eigenvalue weighted by atomic mass is 9.99. The number of nitrogens with two attached hydrogens (primary N) is 1. The molecule has 1 atom stereocenters. The molecule has 1 aromatic carbocycles. The summed E-state index contributed by atoms with van der Waals surface area (Å²) in [6.07, 6.45) is 0. The van der Waals surface area contributed by atoms with Crippen LogP contribution in [0.1, 0.15) is 34.5 Å². The zero-order valence-electron chi connectivity index (χ0n) is 8.04. The van der Waals surface area contributed by atoms with Crippen LogP contribution in [0, 0.1) is 12.7 Å². The number of carbonyl (C=O) groups is 1. The van der Waals surface area contributed by atoms with E-state index in [2.05, 4.69) is 0 Å². The monoisotopic (exact) mass is 197 g/mol. The fourth-order valence-corrected chi connectivity index (χ4v) is 1.34. The number of hydrogen-bond acceptors (Lipinski definition) is 2. The summed E-state index contributed by atoms with van der Waals surface area (Å²) >= 11 is 0. The molecule has 0 aliphatic carbocycles. The van der Waals surface area contributed by atoms with Gasteiger partial charge in [0.2, 0.25) is 0 Å². The Balaban J connectivity index is 3.34. The first-order valence-corrected chi connectivity index (χ1v) is 4.22. The fourth-order valence-electron chi connectivity index (χ4n) is 1.34. The number of aryl methyl sites for hydroxylation is 1. The van der Waals surface area contributed by atoms with Gasteiger partial charge in [-0.25, -0.2) is 9.18 Å². The summed E-state index contributed by atoms with van der Waals surface area (Å²) in [5, 5.41) is 8.68. The Kier molecular flexibility index (Phi) is 2.86. The standard InChI is InChI=1S/C10H12FNO2/c1-5-3-9(11)8(10(13)14)4-7(5)6(2)12/h3-4,6H,12H2,1-2H3,(H,13,14)/t6-/m1/s1. The molecule has 0 saturated carbocycles. The molecule has 0 radical (unpaired) electrons. The highest BCUT2D eigenvalue weighted by atomic mass is 19.1. The minimum Gasteiger partial charge on any atom is -0.478 e. The van der Waals surface area contributed by atoms with Gasteiger partial charge < -0.3 is 10.8 Å². The minimum atomic E-state index is -1.27. The summed E-state index contributed by atoms with van der Waals surface area (Å²) < 4.78 is 13.1. The molecule has 0 unspecified atom stereocenters. The van der Waals surface area contributed by atoms with Gasteiger partial charge in [0.15, 0.2) is 0 Å². The average Bonchev–Trinajstić information content (AvgIpc) is 2.02. The molecule has 1 rings (SSSR count). The summed E-state index contributed by atoms with van der Waals surface area (Å²) in [5.41, 5.74) is 6.61. The Morgan fingerprint density at radius 3 is 2.57 bits per heavy atom. The molecule has 0 saturated heterocycles. The highest BCUT2D eigenvalue weighted by Crippen LogP contribution is 2.20. The molecule has 3 N–H and O–H groups in total. The van der Waals surface area contributed by atoms with E-state index in [1.165, 1.54) is 12.1 Å². The Bertz CT molecular complexity index is 375. The maximum Gasteiger partial charge on any atom is 0.338 e. The van der Waals surface area contributed by atoms with E-state index < -0.39 is 11.8 Å². The van der Waals surface area contributed by atoms with E-state index in [4.69, 9.17) is 10.8 Å². The second kappa shape index (κ2) is 3.75. The third kappa shape index (κ3) is 1.90. The van der Waals surface area contributed by atoms with Crippen LogP contribution in [0.25, 0.3) is 0 Å². The maximum absolute atomic E-state index is 13.1. The third-order valence-electron chi connectivity index (χ3n) is 2.08. The molecule has 0 aliphatic heterocycles. The number of benzene rings is 1. The van der Waals surface area contributed by atoms with Crippen LogP contribution in [0.15, 0.2) is 12.1 Å². The van der Waals surface area contributed by atoms with Crippen molar-refractivity contribution in [1.82, 2.24) is 0 Å². The minimum absolute atomic E-state index is 0.298. The van der Waals surface area contributed by atoms with Gasteiger partial charge >= 0.3 is 5.97 Å². The predicted octanol–water partition coefficient (Wildman–Crippen LogP) is 1.85. The van der Waals surface area contributed by atoms with Gasteiger partial charge in [0.05, 0.1) is 5.56 Å². The summed E-state index contributed by atoms with van der Waals surface area (Å²) in [6.45, 7) is 3.43. The van der Waals surface area contributed by atoms with Crippen LogP contribution in [0.5, 0.6) is 0 Å². The Morgan fingerprint density at radius 1 is 1.57 bits per heavy atom. The summed E-state index contributed by atoms with van der Waals surface area (Å²) in [5.74, 6) is -2.00. The zero-order chi connectivity index (χ0) is 10.9. The maximum atomic E-state index is 13.1. The molecular weight excluding hydrogens is 185 g/mol. The molecule has 3 nitrogen and oxygen atoms in total. The first-order valence-electron chi connectivity index (χ1n) is 4.22. The molecule has 76 valence electrons. The number of aromatic carboxylic acids is 1. The highest BCUT2D eigenvalue weighted by Gasteiger charge is 2.14. The van der Waals surface area contributed by atoms with Crippen LogP contribution < -0.4 is 5.73 Å². The van der Waals surface area contributed by atoms with Crippen molar-refractivity contribution in [1.29, 1.82) is 0 Å². The number of carboxylic acid groups (broad SMARTS) is 1. The second-order valence-electron chi connectivity index (χ2n) is 3.28. The second-order valence-corrected chi connectivity index (χ2v) is 3.28. The van der Waals surface area contributed by atoms with Crippen LogP contribution in [0.4, 0.5) is 4.39 Å². The summed E-state index contributed by atoms with van der Waals surface area (Å²) in [6, 6.07) is 2.19. The van der Waals surface area contributed by atoms with E-state index in [0.717, 1.165) is 0 Å². The Labute approximate surface area is 81.4 Å². The number of halogens is 1. The van der Waals surface area contributed by atoms with Crippen LogP contribution in [0.2, 0.25) is 0 Å². The van der Waals surface area contributed by atoms with Crippen LogP contribution in [-0.4, -0.2) is 11.1 Å². The topological polar surface area (TPSA) is 63.3 Å². The van der Waals surface area contributed by atoms with Crippen LogP contribution in [0.3, 0.4) is 0 Å². The van der Waals surface area contributed by atoms with Gasteiger partial charge in [-0.3, -0.25) is 0 Å². The largest absolute Gasteiger partial charge is 0.478 e. The Hall–Kier alpha value is -1.42. The molecule has 0 amide bonds. The lowest BCUT2D eigenvalue weighted by Gasteiger charge is -2.11. The number of carboxylic acids is 1. The van der Waals surface area contributed by atoms with Gasteiger partial charge in [-0.15, -0.1) is 0 Å². The highest BCUT2D eigenvalue weighted by molar-refractivity contribution is 5.88. The smallest absolute Gasteiger partial charge is 0.338 e. The predicted molar refractivity (Wildman–Crippen MR) is 50.7 cm³/mol. The summed E-state index contributed by atoms with van der Waals surface area (Å²) in [7, 11) is 0. The van der Waals surface area contributed by atoms with Gasteiger partial charge in [0.1, 0.15) is 5.82 Å². The quantitative estimate of drug-likeness (QED) is 0.760. The van der Waals surface area contributed by atoms with Crippen molar-refractivity contribution in [2.45, 2.75) is 19.9 Å². The molecule has 0 spiro atoms. The van der Waals surface area contributed by atoms with Crippen molar-refractivity contribution in [3.63, 3.8) is 0 Å². The molecule has 0 heterocycles. The van der Waals surface area contributed by atoms with E-state index in [1.54, 1.807) is 13.8 Å². The van der Waals surface area contributed by atoms with E-state index in [0.29, 0.717) is 11.1 Å². The van der Waals surface area contributed by atoms with E-state index in [1.807, 2.05) is 0 Å². The van der Waals surface area contributed by atoms with E-state index in [9.17, 15) is 9.18 Å². The van der Waals surface area contributed by atoms with Crippen molar-refractivity contribution in [2.75, 3.05) is 0 Å². The fraction of sp³-hybridized carbons (Fsp3) is 0.300. The van der Waals surface area contributed by atoms with Crippen molar-refractivity contribution in [3.8, 4) is 0 Å².